The highest BCUT2D eigenvalue weighted by atomic mass is 16.3. The summed E-state index contributed by atoms with van der Waals surface area (Å²) in [5.74, 6) is -0.289. The summed E-state index contributed by atoms with van der Waals surface area (Å²) < 4.78 is 0. The maximum Gasteiger partial charge on any atom is 0.254 e. The van der Waals surface area contributed by atoms with Gasteiger partial charge in [-0.2, -0.15) is 0 Å². The smallest absolute Gasteiger partial charge is 0.254 e. The molecule has 3 atom stereocenters. The Morgan fingerprint density at radius 3 is 2.32 bits per heavy atom. The van der Waals surface area contributed by atoms with Crippen molar-refractivity contribution < 1.29 is 14.7 Å². The van der Waals surface area contributed by atoms with Gasteiger partial charge in [0.15, 0.2) is 0 Å². The van der Waals surface area contributed by atoms with Crippen molar-refractivity contribution >= 4 is 11.8 Å². The van der Waals surface area contributed by atoms with Crippen molar-refractivity contribution in [2.75, 3.05) is 19.7 Å². The summed E-state index contributed by atoms with van der Waals surface area (Å²) in [5.41, 5.74) is 3.87. The van der Waals surface area contributed by atoms with Gasteiger partial charge in [-0.25, -0.2) is 0 Å². The second-order valence-electron chi connectivity index (χ2n) is 8.05. The van der Waals surface area contributed by atoms with E-state index >= 15 is 0 Å². The maximum atomic E-state index is 12.9. The molecule has 6 heteroatoms. The van der Waals surface area contributed by atoms with Crippen LogP contribution >= 0.6 is 0 Å². The lowest BCUT2D eigenvalue weighted by molar-refractivity contribution is -0.159. The number of nitrogens with zero attached hydrogens (tertiary/aromatic N) is 3. The van der Waals surface area contributed by atoms with Gasteiger partial charge in [0, 0.05) is 30.4 Å². The van der Waals surface area contributed by atoms with Crippen molar-refractivity contribution in [1.82, 2.24) is 14.8 Å². The average molecular weight is 413 g/mol. The van der Waals surface area contributed by atoms with Gasteiger partial charge in [-0.3, -0.25) is 14.6 Å². The van der Waals surface area contributed by atoms with Crippen molar-refractivity contribution in [2.45, 2.75) is 18.0 Å². The van der Waals surface area contributed by atoms with Crippen molar-refractivity contribution in [2.24, 2.45) is 0 Å². The van der Waals surface area contributed by atoms with E-state index in [-0.39, 0.29) is 43.0 Å². The zero-order valence-electron chi connectivity index (χ0n) is 17.0. The molecule has 2 amide bonds. The summed E-state index contributed by atoms with van der Waals surface area (Å²) in [6, 6.07) is 21.4. The fraction of sp³-hybridized carbons (Fsp3) is 0.240. The lowest BCUT2D eigenvalue weighted by Crippen LogP contribution is -2.73. The molecule has 0 unspecified atom stereocenters. The molecule has 156 valence electrons. The molecule has 1 aromatic heterocycles. The Hall–Kier alpha value is -3.51. The third-order valence-corrected chi connectivity index (χ3v) is 6.37. The quantitative estimate of drug-likeness (QED) is 0.714. The molecule has 0 spiro atoms. The summed E-state index contributed by atoms with van der Waals surface area (Å²) in [5, 5.41) is 9.98. The first-order chi connectivity index (χ1) is 15.2. The molecular formula is C25H23N3O3. The Balaban J connectivity index is 1.39. The first kappa shape index (κ1) is 19.5. The number of aliphatic hydroxyl groups excluding tert-OH is 1. The minimum absolute atomic E-state index is 0.00758. The van der Waals surface area contributed by atoms with E-state index in [1.165, 1.54) is 0 Å². The van der Waals surface area contributed by atoms with Crippen LogP contribution in [0.15, 0.2) is 79.1 Å². The van der Waals surface area contributed by atoms with E-state index in [0.29, 0.717) is 12.1 Å². The first-order valence-electron chi connectivity index (χ1n) is 10.4. The highest BCUT2D eigenvalue weighted by Gasteiger charge is 2.54. The van der Waals surface area contributed by atoms with E-state index in [9.17, 15) is 14.7 Å². The average Bonchev–Trinajstić information content (AvgIpc) is 2.81. The molecule has 3 aromatic rings. The third kappa shape index (κ3) is 3.39. The lowest BCUT2D eigenvalue weighted by atomic mass is 9.73. The second kappa shape index (κ2) is 7.96. The molecular weight excluding hydrogens is 390 g/mol. The van der Waals surface area contributed by atoms with Gasteiger partial charge >= 0.3 is 0 Å². The minimum Gasteiger partial charge on any atom is -0.394 e. The fourth-order valence-electron chi connectivity index (χ4n) is 4.86. The molecule has 1 N–H and O–H groups in total. The van der Waals surface area contributed by atoms with Crippen LogP contribution in [0.2, 0.25) is 0 Å². The number of benzene rings is 2. The maximum absolute atomic E-state index is 12.9. The van der Waals surface area contributed by atoms with E-state index in [2.05, 4.69) is 41.4 Å². The van der Waals surface area contributed by atoms with Gasteiger partial charge < -0.3 is 14.9 Å². The highest BCUT2D eigenvalue weighted by molar-refractivity contribution is 5.97. The number of amides is 2. The van der Waals surface area contributed by atoms with E-state index in [1.54, 1.807) is 34.3 Å². The van der Waals surface area contributed by atoms with Crippen LogP contribution in [0.5, 0.6) is 0 Å². The van der Waals surface area contributed by atoms with Crippen molar-refractivity contribution in [3.63, 3.8) is 0 Å². The van der Waals surface area contributed by atoms with Crippen molar-refractivity contribution in [3.8, 4) is 11.1 Å². The van der Waals surface area contributed by atoms with Crippen LogP contribution in [0, 0.1) is 0 Å². The number of rotatable bonds is 4. The standard InChI is InChI=1S/C25H23N3O3/c29-16-22-24(19-8-6-18(7-9-19)17-4-2-1-3-5-17)21-14-27(15-23(30)28(21)22)25(31)20-10-12-26-13-11-20/h1-13,21-22,24,29H,14-16H2/t21-,22-,24+/m0/s1. The Morgan fingerprint density at radius 1 is 0.968 bits per heavy atom. The molecule has 0 bridgehead atoms. The molecule has 2 aliphatic rings. The largest absolute Gasteiger partial charge is 0.394 e. The van der Waals surface area contributed by atoms with Crippen molar-refractivity contribution in [3.05, 3.63) is 90.3 Å². The van der Waals surface area contributed by atoms with Crippen LogP contribution in [0.4, 0.5) is 0 Å². The number of aliphatic hydroxyl groups is 1. The topological polar surface area (TPSA) is 73.7 Å². The zero-order chi connectivity index (χ0) is 21.4. The Morgan fingerprint density at radius 2 is 1.65 bits per heavy atom. The monoisotopic (exact) mass is 413 g/mol. The van der Waals surface area contributed by atoms with Crippen LogP contribution in [0.25, 0.3) is 11.1 Å². The van der Waals surface area contributed by atoms with Crippen LogP contribution in [-0.2, 0) is 4.79 Å². The predicted octanol–water partition coefficient (Wildman–Crippen LogP) is 2.56. The number of hydrogen-bond acceptors (Lipinski definition) is 4. The second-order valence-corrected chi connectivity index (χ2v) is 8.05. The van der Waals surface area contributed by atoms with Crippen molar-refractivity contribution in [1.29, 1.82) is 0 Å². The van der Waals surface area contributed by atoms with E-state index in [0.717, 1.165) is 16.7 Å². The molecule has 6 nitrogen and oxygen atoms in total. The van der Waals surface area contributed by atoms with Crippen LogP contribution in [0.3, 0.4) is 0 Å². The minimum atomic E-state index is -0.252. The van der Waals surface area contributed by atoms with Crippen LogP contribution in [0.1, 0.15) is 21.8 Å². The van der Waals surface area contributed by atoms with E-state index < -0.39 is 0 Å². The number of hydrogen-bond donors (Lipinski definition) is 1. The lowest BCUT2D eigenvalue weighted by Gasteiger charge is -2.58. The number of fused-ring (bicyclic) bond motifs is 1. The summed E-state index contributed by atoms with van der Waals surface area (Å²) in [6.45, 7) is 0.397. The SMILES string of the molecule is O=C(c1ccncc1)N1CC(=O)N2[C@@H](CO)[C@H](c3ccc(-c4ccccc4)cc3)[C@@H]2C1. The number of piperazine rings is 1. The number of carbonyl (C=O) groups excluding carboxylic acids is 2. The first-order valence-corrected chi connectivity index (χ1v) is 10.4. The molecule has 31 heavy (non-hydrogen) atoms. The number of pyridine rings is 1. The summed E-state index contributed by atoms with van der Waals surface area (Å²) in [6.07, 6.45) is 3.15. The van der Waals surface area contributed by atoms with Gasteiger partial charge in [0.25, 0.3) is 5.91 Å². The normalized spacial score (nSPS) is 22.6. The van der Waals surface area contributed by atoms with E-state index in [4.69, 9.17) is 0 Å². The zero-order valence-corrected chi connectivity index (χ0v) is 17.0. The number of aromatic nitrogens is 1. The molecule has 2 aromatic carbocycles. The third-order valence-electron chi connectivity index (χ3n) is 6.37. The molecule has 5 rings (SSSR count). The molecule has 0 radical (unpaired) electrons. The van der Waals surface area contributed by atoms with Gasteiger partial charge in [-0.05, 0) is 28.8 Å². The van der Waals surface area contributed by atoms with Crippen LogP contribution in [-0.4, -0.2) is 63.5 Å². The summed E-state index contributed by atoms with van der Waals surface area (Å²) in [7, 11) is 0. The molecule has 3 heterocycles. The number of carbonyl (C=O) groups is 2. The molecule has 0 saturated carbocycles. The van der Waals surface area contributed by atoms with Gasteiger partial charge in [0.05, 0.1) is 18.7 Å². The van der Waals surface area contributed by atoms with Gasteiger partial charge in [-0.15, -0.1) is 0 Å². The Bertz CT molecular complexity index is 1090. The predicted molar refractivity (Wildman–Crippen MR) is 116 cm³/mol. The summed E-state index contributed by atoms with van der Waals surface area (Å²) >= 11 is 0. The van der Waals surface area contributed by atoms with E-state index in [1.807, 2.05) is 18.2 Å². The highest BCUT2D eigenvalue weighted by Crippen LogP contribution is 2.43. The molecule has 2 fully saturated rings. The van der Waals surface area contributed by atoms with Gasteiger partial charge in [0.1, 0.15) is 6.54 Å². The summed E-state index contributed by atoms with van der Waals surface area (Å²) in [4.78, 5) is 33.0. The molecule has 2 aliphatic heterocycles. The van der Waals surface area contributed by atoms with Crippen LogP contribution < -0.4 is 0 Å². The molecule has 2 saturated heterocycles. The Kier molecular flexibility index (Phi) is 5.00. The van der Waals surface area contributed by atoms with Gasteiger partial charge in [-0.1, -0.05) is 54.6 Å². The fourth-order valence-corrected chi connectivity index (χ4v) is 4.86. The Labute approximate surface area is 180 Å². The molecule has 0 aliphatic carbocycles. The van der Waals surface area contributed by atoms with Gasteiger partial charge in [0.2, 0.25) is 5.91 Å².